The maximum Gasteiger partial charge on any atom is 0.274 e. The Morgan fingerprint density at radius 1 is 1.22 bits per heavy atom. The Bertz CT molecular complexity index is 778. The van der Waals surface area contributed by atoms with Crippen LogP contribution in [0.5, 0.6) is 0 Å². The first-order valence-corrected chi connectivity index (χ1v) is 8.67. The third kappa shape index (κ3) is 3.44. The van der Waals surface area contributed by atoms with E-state index >= 15 is 0 Å². The highest BCUT2D eigenvalue weighted by atomic mass is 32.2. The molecule has 0 bridgehead atoms. The Balaban J connectivity index is 1.86. The molecule has 1 saturated heterocycles. The highest BCUT2D eigenvalue weighted by molar-refractivity contribution is 7.89. The Kier molecular flexibility index (Phi) is 4.47. The molecule has 8 heteroatoms. The number of hydrogen-bond donors (Lipinski definition) is 2. The van der Waals surface area contributed by atoms with Crippen LogP contribution in [0.25, 0.3) is 0 Å². The van der Waals surface area contributed by atoms with E-state index in [9.17, 15) is 17.2 Å². The van der Waals surface area contributed by atoms with Crippen LogP contribution in [-0.4, -0.2) is 27.5 Å². The van der Waals surface area contributed by atoms with Crippen LogP contribution in [0.15, 0.2) is 46.1 Å². The van der Waals surface area contributed by atoms with Gasteiger partial charge < -0.3 is 9.73 Å². The van der Waals surface area contributed by atoms with E-state index in [0.717, 1.165) is 12.1 Å². The van der Waals surface area contributed by atoms with Gasteiger partial charge in [0.2, 0.25) is 5.09 Å². The Labute approximate surface area is 132 Å². The summed E-state index contributed by atoms with van der Waals surface area (Å²) in [7, 11) is -3.80. The molecule has 2 unspecified atom stereocenters. The second kappa shape index (κ2) is 6.38. The summed E-state index contributed by atoms with van der Waals surface area (Å²) in [6.07, 6.45) is 1.89. The van der Waals surface area contributed by atoms with Crippen molar-refractivity contribution in [1.29, 1.82) is 0 Å². The molecule has 2 atom stereocenters. The summed E-state index contributed by atoms with van der Waals surface area (Å²) >= 11 is 0. The summed E-state index contributed by atoms with van der Waals surface area (Å²) in [4.78, 5) is 0. The zero-order valence-corrected chi connectivity index (χ0v) is 12.9. The Hall–Kier alpha value is -1.77. The molecule has 0 radical (unpaired) electrons. The van der Waals surface area contributed by atoms with Crippen molar-refractivity contribution in [2.24, 2.45) is 0 Å². The number of nitrogens with one attached hydrogen (secondary N) is 2. The molecule has 1 fully saturated rings. The average molecular weight is 342 g/mol. The van der Waals surface area contributed by atoms with Crippen LogP contribution in [0.4, 0.5) is 8.78 Å². The molecule has 1 aromatic heterocycles. The molecule has 5 nitrogen and oxygen atoms in total. The molecule has 1 aliphatic rings. The normalized spacial score (nSPS) is 22.2. The molecular formula is C15H16F2N2O3S. The minimum Gasteiger partial charge on any atom is -0.452 e. The van der Waals surface area contributed by atoms with Crippen LogP contribution >= 0.6 is 0 Å². The van der Waals surface area contributed by atoms with E-state index in [4.69, 9.17) is 4.42 Å². The maximum absolute atomic E-state index is 13.5. The van der Waals surface area contributed by atoms with E-state index in [-0.39, 0.29) is 11.0 Å². The quantitative estimate of drug-likeness (QED) is 0.891. The van der Waals surface area contributed by atoms with Gasteiger partial charge in [-0.05, 0) is 42.8 Å². The van der Waals surface area contributed by atoms with Crippen LogP contribution < -0.4 is 10.0 Å². The van der Waals surface area contributed by atoms with Gasteiger partial charge in [0.25, 0.3) is 10.0 Å². The van der Waals surface area contributed by atoms with E-state index in [1.54, 1.807) is 0 Å². The van der Waals surface area contributed by atoms with Crippen molar-refractivity contribution in [3.05, 3.63) is 53.8 Å². The van der Waals surface area contributed by atoms with Gasteiger partial charge in [-0.15, -0.1) is 0 Å². The van der Waals surface area contributed by atoms with Gasteiger partial charge in [0.15, 0.2) is 11.6 Å². The lowest BCUT2D eigenvalue weighted by atomic mass is 9.86. The molecular weight excluding hydrogens is 326 g/mol. The zero-order chi connectivity index (χ0) is 16.4. The number of furan rings is 1. The molecule has 2 heterocycles. The first-order valence-electron chi connectivity index (χ1n) is 7.19. The van der Waals surface area contributed by atoms with Crippen molar-refractivity contribution in [1.82, 2.24) is 10.0 Å². The zero-order valence-electron chi connectivity index (χ0n) is 12.1. The number of piperidine rings is 1. The largest absolute Gasteiger partial charge is 0.452 e. The second-order valence-electron chi connectivity index (χ2n) is 5.43. The van der Waals surface area contributed by atoms with Crippen molar-refractivity contribution >= 4 is 10.0 Å². The Morgan fingerprint density at radius 3 is 2.74 bits per heavy atom. The summed E-state index contributed by atoms with van der Waals surface area (Å²) in [5, 5.41) is 2.93. The summed E-state index contributed by atoms with van der Waals surface area (Å²) in [6, 6.07) is 6.03. The summed E-state index contributed by atoms with van der Waals surface area (Å²) in [6.45, 7) is 1.06. The van der Waals surface area contributed by atoms with E-state index in [0.29, 0.717) is 25.1 Å². The molecule has 0 spiro atoms. The van der Waals surface area contributed by atoms with Crippen molar-refractivity contribution < 1.29 is 21.6 Å². The number of hydrogen-bond acceptors (Lipinski definition) is 4. The number of benzene rings is 1. The maximum atomic E-state index is 13.5. The lowest BCUT2D eigenvalue weighted by molar-refractivity contribution is 0.370. The molecule has 0 aliphatic carbocycles. The lowest BCUT2D eigenvalue weighted by Crippen LogP contribution is -2.49. The SMILES string of the molecule is O=S(=O)(NC1CNCCC1c1ccc(F)c(F)c1)c1ccco1. The van der Waals surface area contributed by atoms with Gasteiger partial charge in [-0.3, -0.25) is 0 Å². The molecule has 3 rings (SSSR count). The van der Waals surface area contributed by atoms with Gasteiger partial charge >= 0.3 is 0 Å². The van der Waals surface area contributed by atoms with Gasteiger partial charge in [-0.1, -0.05) is 6.07 Å². The molecule has 2 N–H and O–H groups in total. The fraction of sp³-hybridized carbons (Fsp3) is 0.333. The highest BCUT2D eigenvalue weighted by Gasteiger charge is 2.31. The van der Waals surface area contributed by atoms with Crippen LogP contribution in [0.1, 0.15) is 17.9 Å². The average Bonchev–Trinajstić information content (AvgIpc) is 3.06. The van der Waals surface area contributed by atoms with Crippen LogP contribution in [-0.2, 0) is 10.0 Å². The minimum absolute atomic E-state index is 0.174. The van der Waals surface area contributed by atoms with E-state index in [1.807, 2.05) is 0 Å². The molecule has 124 valence electrons. The number of halogens is 2. The van der Waals surface area contributed by atoms with Crippen molar-refractivity contribution in [2.75, 3.05) is 13.1 Å². The van der Waals surface area contributed by atoms with Crippen molar-refractivity contribution in [2.45, 2.75) is 23.5 Å². The van der Waals surface area contributed by atoms with Gasteiger partial charge in [-0.2, -0.15) is 0 Å². The van der Waals surface area contributed by atoms with Crippen LogP contribution in [0.3, 0.4) is 0 Å². The second-order valence-corrected chi connectivity index (χ2v) is 7.08. The summed E-state index contributed by atoms with van der Waals surface area (Å²) in [5.41, 5.74) is 0.567. The highest BCUT2D eigenvalue weighted by Crippen LogP contribution is 2.28. The lowest BCUT2D eigenvalue weighted by Gasteiger charge is -2.32. The van der Waals surface area contributed by atoms with Gasteiger partial charge in [0, 0.05) is 18.5 Å². The monoisotopic (exact) mass is 342 g/mol. The fourth-order valence-electron chi connectivity index (χ4n) is 2.80. The minimum atomic E-state index is -3.80. The van der Waals surface area contributed by atoms with Gasteiger partial charge in [0.05, 0.1) is 6.26 Å². The summed E-state index contributed by atoms with van der Waals surface area (Å²) in [5.74, 6) is -2.11. The smallest absolute Gasteiger partial charge is 0.274 e. The fourth-order valence-corrected chi connectivity index (χ4v) is 4.00. The molecule has 1 aliphatic heterocycles. The standard InChI is InChI=1S/C15H16F2N2O3S/c16-12-4-3-10(8-13(12)17)11-5-6-18-9-14(11)19-23(20,21)15-2-1-7-22-15/h1-4,7-8,11,14,18-19H,5-6,9H2. The van der Waals surface area contributed by atoms with Crippen molar-refractivity contribution in [3.63, 3.8) is 0 Å². The predicted molar refractivity (Wildman–Crippen MR) is 79.4 cm³/mol. The first-order chi connectivity index (χ1) is 11.0. The molecule has 0 amide bonds. The summed E-state index contributed by atoms with van der Waals surface area (Å²) < 4.78 is 58.7. The predicted octanol–water partition coefficient (Wildman–Crippen LogP) is 1.98. The number of rotatable bonds is 4. The molecule has 1 aromatic carbocycles. The third-order valence-electron chi connectivity index (χ3n) is 3.92. The van der Waals surface area contributed by atoms with E-state index < -0.39 is 27.7 Å². The molecule has 2 aromatic rings. The van der Waals surface area contributed by atoms with Crippen molar-refractivity contribution in [3.8, 4) is 0 Å². The first kappa shape index (κ1) is 16.1. The molecule has 0 saturated carbocycles. The topological polar surface area (TPSA) is 71.3 Å². The Morgan fingerprint density at radius 2 is 2.04 bits per heavy atom. The number of sulfonamides is 1. The molecule has 23 heavy (non-hydrogen) atoms. The van der Waals surface area contributed by atoms with Crippen LogP contribution in [0, 0.1) is 11.6 Å². The van der Waals surface area contributed by atoms with E-state index in [2.05, 4.69) is 10.0 Å². The van der Waals surface area contributed by atoms with E-state index in [1.165, 1.54) is 24.5 Å². The third-order valence-corrected chi connectivity index (χ3v) is 5.30. The van der Waals surface area contributed by atoms with Crippen LogP contribution in [0.2, 0.25) is 0 Å². The van der Waals surface area contributed by atoms with Gasteiger partial charge in [-0.25, -0.2) is 21.9 Å². The van der Waals surface area contributed by atoms with Gasteiger partial charge in [0.1, 0.15) is 0 Å².